The second kappa shape index (κ2) is 3.32. The maximum atomic E-state index is 9.74. The number of rotatable bonds is 2. The van der Waals surface area contributed by atoms with Crippen molar-refractivity contribution in [3.05, 3.63) is 0 Å². The molecule has 100 valence electrons. The Labute approximate surface area is 109 Å². The summed E-state index contributed by atoms with van der Waals surface area (Å²) in [5, 5.41) is 9.74. The highest BCUT2D eigenvalue weighted by atomic mass is 16.6. The summed E-state index contributed by atoms with van der Waals surface area (Å²) in [5.41, 5.74) is 0. The molecule has 1 aliphatic heterocycles. The Bertz CT molecular complexity index is 379. The Balaban J connectivity index is 1.44. The predicted molar refractivity (Wildman–Crippen MR) is 67.9 cm³/mol. The van der Waals surface area contributed by atoms with E-state index < -0.39 is 0 Å². The minimum Gasteiger partial charge on any atom is -0.393 e. The van der Waals surface area contributed by atoms with Gasteiger partial charge in [0, 0.05) is 0 Å². The summed E-state index contributed by atoms with van der Waals surface area (Å²) in [5.74, 6) is 6.61. The highest BCUT2D eigenvalue weighted by Gasteiger charge is 2.71. The summed E-state index contributed by atoms with van der Waals surface area (Å²) in [4.78, 5) is 0. The molecule has 4 saturated carbocycles. The average molecular weight is 248 g/mol. The van der Waals surface area contributed by atoms with Gasteiger partial charge in [-0.15, -0.1) is 0 Å². The van der Waals surface area contributed by atoms with Crippen LogP contribution in [0.25, 0.3) is 0 Å². The third kappa shape index (κ3) is 1.17. The molecule has 2 heteroatoms. The van der Waals surface area contributed by atoms with Crippen molar-refractivity contribution < 1.29 is 9.84 Å². The zero-order chi connectivity index (χ0) is 12.0. The highest BCUT2D eigenvalue weighted by Crippen LogP contribution is 2.71. The van der Waals surface area contributed by atoms with Crippen molar-refractivity contribution >= 4 is 0 Å². The second-order valence-corrected chi connectivity index (χ2v) is 7.87. The van der Waals surface area contributed by atoms with Gasteiger partial charge >= 0.3 is 0 Å². The van der Waals surface area contributed by atoms with Gasteiger partial charge in [-0.2, -0.15) is 0 Å². The lowest BCUT2D eigenvalue weighted by Gasteiger charge is -2.31. The van der Waals surface area contributed by atoms with Crippen LogP contribution in [-0.2, 0) is 4.74 Å². The molecule has 5 aliphatic rings. The molecular formula is C16H24O2. The van der Waals surface area contributed by atoms with E-state index in [1.165, 1.54) is 25.7 Å². The monoisotopic (exact) mass is 248 g/mol. The topological polar surface area (TPSA) is 32.8 Å². The zero-order valence-corrected chi connectivity index (χ0v) is 11.2. The third-order valence-electron chi connectivity index (χ3n) is 7.15. The van der Waals surface area contributed by atoms with Crippen LogP contribution in [0.2, 0.25) is 0 Å². The van der Waals surface area contributed by atoms with Crippen LogP contribution < -0.4 is 0 Å². The average Bonchev–Trinajstić information content (AvgIpc) is 2.66. The molecule has 0 aromatic rings. The molecule has 0 aromatic carbocycles. The van der Waals surface area contributed by atoms with Crippen molar-refractivity contribution in [2.75, 3.05) is 0 Å². The van der Waals surface area contributed by atoms with Gasteiger partial charge in [-0.05, 0) is 80.5 Å². The van der Waals surface area contributed by atoms with Crippen molar-refractivity contribution in [1.82, 2.24) is 0 Å². The fourth-order valence-electron chi connectivity index (χ4n) is 6.87. The number of aliphatic hydroxyl groups is 1. The fourth-order valence-corrected chi connectivity index (χ4v) is 6.87. The summed E-state index contributed by atoms with van der Waals surface area (Å²) in [7, 11) is 0. The Morgan fingerprint density at radius 1 is 1.06 bits per heavy atom. The van der Waals surface area contributed by atoms with Gasteiger partial charge < -0.3 is 9.84 Å². The van der Waals surface area contributed by atoms with Crippen molar-refractivity contribution in [3.63, 3.8) is 0 Å². The van der Waals surface area contributed by atoms with E-state index in [0.717, 1.165) is 47.8 Å². The summed E-state index contributed by atoms with van der Waals surface area (Å²) in [6.07, 6.45) is 8.12. The van der Waals surface area contributed by atoms with Crippen LogP contribution in [-0.4, -0.2) is 23.4 Å². The largest absolute Gasteiger partial charge is 0.393 e. The lowest BCUT2D eigenvalue weighted by Crippen LogP contribution is -2.31. The van der Waals surface area contributed by atoms with E-state index >= 15 is 0 Å². The van der Waals surface area contributed by atoms with E-state index in [0.29, 0.717) is 12.2 Å². The normalized spacial score (nSPS) is 64.7. The summed E-state index contributed by atoms with van der Waals surface area (Å²) in [6.45, 7) is 1.97. The molecule has 5 rings (SSSR count). The molecule has 0 amide bonds. The number of fused-ring (bicyclic) bond motifs is 10. The maximum Gasteiger partial charge on any atom is 0.0875 e. The van der Waals surface area contributed by atoms with Gasteiger partial charge in [0.25, 0.3) is 0 Å². The number of hydrogen-bond acceptors (Lipinski definition) is 2. The minimum atomic E-state index is -0.101. The van der Waals surface area contributed by atoms with Gasteiger partial charge in [0.05, 0.1) is 18.3 Å². The molecule has 18 heavy (non-hydrogen) atoms. The molecule has 0 radical (unpaired) electrons. The number of hydrogen-bond donors (Lipinski definition) is 1. The maximum absolute atomic E-state index is 9.74. The number of epoxide rings is 1. The van der Waals surface area contributed by atoms with Crippen molar-refractivity contribution in [3.8, 4) is 0 Å². The first-order valence-electron chi connectivity index (χ1n) is 8.07. The minimum absolute atomic E-state index is 0.101. The molecule has 4 aliphatic carbocycles. The van der Waals surface area contributed by atoms with E-state index in [1.807, 2.05) is 6.92 Å². The molecule has 5 fully saturated rings. The third-order valence-corrected chi connectivity index (χ3v) is 7.15. The van der Waals surface area contributed by atoms with Crippen molar-refractivity contribution in [2.24, 2.45) is 41.4 Å². The van der Waals surface area contributed by atoms with Crippen LogP contribution in [0.1, 0.15) is 39.0 Å². The van der Waals surface area contributed by atoms with E-state index in [1.54, 1.807) is 0 Å². The Morgan fingerprint density at radius 2 is 1.89 bits per heavy atom. The SMILES string of the molecule is CC(O)CC1CCC2CC3C4CC(C5OC45)C3C12. The number of aliphatic hydroxyl groups excluding tert-OH is 1. The fraction of sp³-hybridized carbons (Fsp3) is 1.00. The Kier molecular flexibility index (Phi) is 1.97. The van der Waals surface area contributed by atoms with Crippen molar-refractivity contribution in [1.29, 1.82) is 0 Å². The summed E-state index contributed by atoms with van der Waals surface area (Å²) in [6, 6.07) is 0. The lowest BCUT2D eigenvalue weighted by atomic mass is 9.73. The van der Waals surface area contributed by atoms with Gasteiger partial charge in [-0.3, -0.25) is 0 Å². The van der Waals surface area contributed by atoms with Gasteiger partial charge in [-0.1, -0.05) is 0 Å². The van der Waals surface area contributed by atoms with Crippen LogP contribution in [0.15, 0.2) is 0 Å². The molecule has 2 bridgehead atoms. The van der Waals surface area contributed by atoms with E-state index in [9.17, 15) is 5.11 Å². The standard InChI is InChI=1S/C16H24O2/c1-7(17)4-8-2-3-9-5-10-11-6-12(14(10)13(8)9)16-15(11)18-16/h7-17H,2-6H2,1H3. The summed E-state index contributed by atoms with van der Waals surface area (Å²) < 4.78 is 5.89. The first kappa shape index (κ1) is 10.7. The predicted octanol–water partition coefficient (Wildman–Crippen LogP) is 2.45. The molecule has 1 heterocycles. The molecule has 2 nitrogen and oxygen atoms in total. The first-order valence-corrected chi connectivity index (χ1v) is 8.07. The molecule has 1 N–H and O–H groups in total. The van der Waals surface area contributed by atoms with Gasteiger partial charge in [0.1, 0.15) is 0 Å². The van der Waals surface area contributed by atoms with Gasteiger partial charge in [-0.25, -0.2) is 0 Å². The van der Waals surface area contributed by atoms with Gasteiger partial charge in [0.2, 0.25) is 0 Å². The van der Waals surface area contributed by atoms with Crippen LogP contribution in [0, 0.1) is 41.4 Å². The van der Waals surface area contributed by atoms with Crippen LogP contribution in [0.5, 0.6) is 0 Å². The molecule has 0 aromatic heterocycles. The van der Waals surface area contributed by atoms with E-state index in [-0.39, 0.29) is 6.10 Å². The molecule has 0 spiro atoms. The number of ether oxygens (including phenoxy) is 1. The van der Waals surface area contributed by atoms with E-state index in [2.05, 4.69) is 0 Å². The van der Waals surface area contributed by atoms with Crippen LogP contribution >= 0.6 is 0 Å². The van der Waals surface area contributed by atoms with E-state index in [4.69, 9.17) is 4.74 Å². The zero-order valence-electron chi connectivity index (χ0n) is 11.2. The van der Waals surface area contributed by atoms with Gasteiger partial charge in [0.15, 0.2) is 0 Å². The van der Waals surface area contributed by atoms with Crippen LogP contribution in [0.4, 0.5) is 0 Å². The second-order valence-electron chi connectivity index (χ2n) is 7.87. The summed E-state index contributed by atoms with van der Waals surface area (Å²) >= 11 is 0. The Morgan fingerprint density at radius 3 is 2.72 bits per heavy atom. The first-order chi connectivity index (χ1) is 8.74. The molecule has 10 unspecified atom stereocenters. The molecule has 1 saturated heterocycles. The van der Waals surface area contributed by atoms with Crippen molar-refractivity contribution in [2.45, 2.75) is 57.3 Å². The smallest absolute Gasteiger partial charge is 0.0875 e. The quantitative estimate of drug-likeness (QED) is 0.761. The van der Waals surface area contributed by atoms with Crippen LogP contribution in [0.3, 0.4) is 0 Å². The lowest BCUT2D eigenvalue weighted by molar-refractivity contribution is 0.113. The molecule has 10 atom stereocenters. The highest BCUT2D eigenvalue weighted by molar-refractivity contribution is 5.19. The Hall–Kier alpha value is -0.0800. The molecular weight excluding hydrogens is 224 g/mol.